The largest absolute Gasteiger partial charge is 0.282 e. The Labute approximate surface area is 183 Å². The van der Waals surface area contributed by atoms with Crippen molar-refractivity contribution < 1.29 is 24.1 Å². The topological polar surface area (TPSA) is 130 Å². The molecule has 0 saturated carbocycles. The maximum atomic E-state index is 13.1. The van der Waals surface area contributed by atoms with Gasteiger partial charge in [0.15, 0.2) is 0 Å². The second-order valence-electron chi connectivity index (χ2n) is 7.14. The van der Waals surface area contributed by atoms with Crippen LogP contribution in [0.3, 0.4) is 0 Å². The van der Waals surface area contributed by atoms with Crippen LogP contribution in [0, 0.1) is 10.1 Å². The molecule has 3 rings (SSSR count). The van der Waals surface area contributed by atoms with Crippen LogP contribution in [-0.4, -0.2) is 39.6 Å². The number of hydrogen-bond donors (Lipinski definition) is 1. The van der Waals surface area contributed by atoms with E-state index < -0.39 is 40.3 Å². The summed E-state index contributed by atoms with van der Waals surface area (Å²) in [5.41, 5.74) is 2.99. The van der Waals surface area contributed by atoms with E-state index in [1.165, 1.54) is 25.1 Å². The van der Waals surface area contributed by atoms with E-state index >= 15 is 0 Å². The molecule has 0 radical (unpaired) electrons. The van der Waals surface area contributed by atoms with E-state index in [1.807, 2.05) is 6.92 Å². The molecule has 0 aliphatic carbocycles. The van der Waals surface area contributed by atoms with Gasteiger partial charge in [0.25, 0.3) is 17.5 Å². The van der Waals surface area contributed by atoms with Crippen LogP contribution in [0.2, 0.25) is 0 Å². The van der Waals surface area contributed by atoms with Crippen molar-refractivity contribution in [3.05, 3.63) is 69.8 Å². The van der Waals surface area contributed by atoms with Crippen molar-refractivity contribution in [3.8, 4) is 0 Å². The van der Waals surface area contributed by atoms with Gasteiger partial charge in [-0.25, -0.2) is 9.91 Å². The summed E-state index contributed by atoms with van der Waals surface area (Å²) in [5.74, 6) is -2.71. The van der Waals surface area contributed by atoms with Crippen LogP contribution in [0.25, 0.3) is 0 Å². The van der Waals surface area contributed by atoms with Crippen molar-refractivity contribution in [3.63, 3.8) is 0 Å². The first-order valence-corrected chi connectivity index (χ1v) is 10.1. The number of imide groups is 1. The van der Waals surface area contributed by atoms with E-state index in [1.54, 1.807) is 24.3 Å². The highest BCUT2D eigenvalue weighted by atomic mass is 16.6. The van der Waals surface area contributed by atoms with E-state index in [4.69, 9.17) is 0 Å². The summed E-state index contributed by atoms with van der Waals surface area (Å²) in [6.07, 6.45) is 0.416. The van der Waals surface area contributed by atoms with Crippen molar-refractivity contribution in [2.24, 2.45) is 0 Å². The second kappa shape index (κ2) is 9.38. The molecule has 2 aromatic rings. The van der Waals surface area contributed by atoms with Gasteiger partial charge in [-0.3, -0.25) is 34.7 Å². The van der Waals surface area contributed by atoms with E-state index in [2.05, 4.69) is 5.43 Å². The first-order valence-electron chi connectivity index (χ1n) is 10.1. The molecule has 1 aliphatic rings. The molecule has 10 nitrogen and oxygen atoms in total. The highest BCUT2D eigenvalue weighted by Crippen LogP contribution is 2.26. The van der Waals surface area contributed by atoms with Crippen molar-refractivity contribution in [2.45, 2.75) is 39.2 Å². The van der Waals surface area contributed by atoms with E-state index in [0.717, 1.165) is 28.0 Å². The van der Waals surface area contributed by atoms with Crippen molar-refractivity contribution in [1.29, 1.82) is 0 Å². The number of nitrogens with zero attached hydrogens (tertiary/aromatic N) is 3. The van der Waals surface area contributed by atoms with Crippen LogP contribution >= 0.6 is 0 Å². The van der Waals surface area contributed by atoms with E-state index in [9.17, 15) is 29.3 Å². The van der Waals surface area contributed by atoms with Crippen LogP contribution in [0.5, 0.6) is 0 Å². The molecule has 1 N–H and O–H groups in total. The molecule has 166 valence electrons. The number of para-hydroxylation sites is 1. The minimum absolute atomic E-state index is 0.0552. The Kier molecular flexibility index (Phi) is 6.62. The second-order valence-corrected chi connectivity index (χ2v) is 7.14. The predicted octanol–water partition coefficient (Wildman–Crippen LogP) is 2.37. The normalized spacial score (nSPS) is 15.6. The SMILES string of the molecule is CCC(=O)N(NC(=O)c1ccccc1[N+](=O)[O-])C1CC(=O)N(c2ccc(CC)cc2)C1=O. The van der Waals surface area contributed by atoms with E-state index in [0.29, 0.717) is 5.69 Å². The molecular weight excluding hydrogens is 416 g/mol. The minimum Gasteiger partial charge on any atom is -0.274 e. The number of anilines is 1. The molecule has 1 saturated heterocycles. The molecule has 1 heterocycles. The summed E-state index contributed by atoms with van der Waals surface area (Å²) in [4.78, 5) is 62.5. The average molecular weight is 438 g/mol. The maximum absolute atomic E-state index is 13.1. The highest BCUT2D eigenvalue weighted by molar-refractivity contribution is 6.23. The van der Waals surface area contributed by atoms with Crippen molar-refractivity contribution in [1.82, 2.24) is 10.4 Å². The summed E-state index contributed by atoms with van der Waals surface area (Å²) in [6.45, 7) is 3.51. The maximum Gasteiger partial charge on any atom is 0.282 e. The molecule has 2 aromatic carbocycles. The lowest BCUT2D eigenvalue weighted by atomic mass is 10.1. The molecule has 0 bridgehead atoms. The summed E-state index contributed by atoms with van der Waals surface area (Å²) < 4.78 is 0. The zero-order valence-corrected chi connectivity index (χ0v) is 17.6. The van der Waals surface area contributed by atoms with Gasteiger partial charge in [0.1, 0.15) is 11.6 Å². The number of nitrogens with one attached hydrogen (secondary N) is 1. The van der Waals surface area contributed by atoms with Gasteiger partial charge in [0.05, 0.1) is 17.0 Å². The van der Waals surface area contributed by atoms with Crippen LogP contribution in [0.15, 0.2) is 48.5 Å². The standard InChI is InChI=1S/C22H22N4O6/c1-3-14-9-11-15(12-10-14)24-20(28)13-18(22(24)30)25(19(27)4-2)23-21(29)16-7-5-6-8-17(16)26(31)32/h5-12,18H,3-4,13H2,1-2H3,(H,23,29). The van der Waals surface area contributed by atoms with Gasteiger partial charge in [0.2, 0.25) is 11.8 Å². The monoisotopic (exact) mass is 438 g/mol. The fourth-order valence-electron chi connectivity index (χ4n) is 3.45. The molecule has 1 unspecified atom stereocenters. The van der Waals surface area contributed by atoms with Crippen molar-refractivity contribution >= 4 is 35.0 Å². The van der Waals surface area contributed by atoms with E-state index in [-0.39, 0.29) is 18.4 Å². The quantitative estimate of drug-likeness (QED) is 0.419. The number of nitro groups is 1. The first-order chi connectivity index (χ1) is 15.3. The lowest BCUT2D eigenvalue weighted by Crippen LogP contribution is -2.54. The number of nitro benzene ring substituents is 1. The average Bonchev–Trinajstić information content (AvgIpc) is 3.10. The summed E-state index contributed by atoms with van der Waals surface area (Å²) in [6, 6.07) is 10.9. The first kappa shape index (κ1) is 22.6. The fourth-order valence-corrected chi connectivity index (χ4v) is 3.45. The zero-order chi connectivity index (χ0) is 23.4. The molecule has 1 aliphatic heterocycles. The van der Waals surface area contributed by atoms with Gasteiger partial charge in [-0.1, -0.05) is 38.1 Å². The lowest BCUT2D eigenvalue weighted by Gasteiger charge is -2.27. The number of aryl methyl sites for hydroxylation is 1. The van der Waals surface area contributed by atoms with Crippen LogP contribution in [0.1, 0.15) is 42.6 Å². The summed E-state index contributed by atoms with van der Waals surface area (Å²) in [7, 11) is 0. The van der Waals surface area contributed by atoms with Gasteiger partial charge >= 0.3 is 0 Å². The third-order valence-electron chi connectivity index (χ3n) is 5.18. The third kappa shape index (κ3) is 4.34. The van der Waals surface area contributed by atoms with Gasteiger partial charge in [0, 0.05) is 12.5 Å². The minimum atomic E-state index is -1.26. The smallest absolute Gasteiger partial charge is 0.274 e. The Morgan fingerprint density at radius 1 is 1.12 bits per heavy atom. The highest BCUT2D eigenvalue weighted by Gasteiger charge is 2.45. The summed E-state index contributed by atoms with van der Waals surface area (Å²) in [5, 5.41) is 12.0. The Hall–Kier alpha value is -4.08. The molecule has 0 spiro atoms. The van der Waals surface area contributed by atoms with Crippen LogP contribution in [-0.2, 0) is 20.8 Å². The Morgan fingerprint density at radius 3 is 2.38 bits per heavy atom. The molecule has 32 heavy (non-hydrogen) atoms. The fraction of sp³-hybridized carbons (Fsp3) is 0.273. The lowest BCUT2D eigenvalue weighted by molar-refractivity contribution is -0.385. The number of carbonyl (C=O) groups is 4. The zero-order valence-electron chi connectivity index (χ0n) is 17.6. The number of hydrogen-bond acceptors (Lipinski definition) is 6. The van der Waals surface area contributed by atoms with Gasteiger partial charge in [-0.05, 0) is 30.2 Å². The number of hydrazine groups is 1. The number of benzene rings is 2. The predicted molar refractivity (Wildman–Crippen MR) is 114 cm³/mol. The molecule has 1 atom stereocenters. The molecule has 0 aromatic heterocycles. The molecule has 10 heteroatoms. The number of amides is 4. The Balaban J connectivity index is 1.89. The van der Waals surface area contributed by atoms with Crippen LogP contribution in [0.4, 0.5) is 11.4 Å². The number of rotatable bonds is 6. The van der Waals surface area contributed by atoms with Gasteiger partial charge in [-0.15, -0.1) is 0 Å². The summed E-state index contributed by atoms with van der Waals surface area (Å²) >= 11 is 0. The van der Waals surface area contributed by atoms with Crippen molar-refractivity contribution in [2.75, 3.05) is 4.90 Å². The number of carbonyl (C=O) groups excluding carboxylic acids is 4. The van der Waals surface area contributed by atoms with Crippen LogP contribution < -0.4 is 10.3 Å². The molecule has 4 amide bonds. The Morgan fingerprint density at radius 2 is 1.78 bits per heavy atom. The third-order valence-corrected chi connectivity index (χ3v) is 5.18. The molecule has 1 fully saturated rings. The van der Waals surface area contributed by atoms with Gasteiger partial charge < -0.3 is 0 Å². The van der Waals surface area contributed by atoms with Gasteiger partial charge in [-0.2, -0.15) is 0 Å². The Bertz CT molecular complexity index is 1080. The molecular formula is C22H22N4O6.